The van der Waals surface area contributed by atoms with Crippen LogP contribution in [0.15, 0.2) is 0 Å². The van der Waals surface area contributed by atoms with Crippen molar-refractivity contribution in [2.75, 3.05) is 25.4 Å². The van der Waals surface area contributed by atoms with Crippen molar-refractivity contribution in [2.24, 2.45) is 5.92 Å². The summed E-state index contributed by atoms with van der Waals surface area (Å²) in [6.07, 6.45) is 2.12. The number of amides is 2. The molecule has 0 aromatic carbocycles. The van der Waals surface area contributed by atoms with Crippen LogP contribution >= 0.6 is 11.8 Å². The van der Waals surface area contributed by atoms with Crippen LogP contribution in [0.1, 0.15) is 59.3 Å². The number of carboxylic acid groups (broad SMARTS) is 1. The molecule has 0 bridgehead atoms. The number of thioether (sulfide) groups is 1. The minimum Gasteiger partial charge on any atom is -0.480 e. The van der Waals surface area contributed by atoms with Crippen LogP contribution in [0.2, 0.25) is 0 Å². The largest absolute Gasteiger partial charge is 0.480 e. The van der Waals surface area contributed by atoms with Crippen LogP contribution < -0.4 is 16.0 Å². The van der Waals surface area contributed by atoms with Gasteiger partial charge in [0.05, 0.1) is 0 Å². The Balaban J connectivity index is 3.97. The Labute approximate surface area is 183 Å². The van der Waals surface area contributed by atoms with Gasteiger partial charge in [0.15, 0.2) is 0 Å². The molecule has 0 aromatic heterocycles. The molecule has 0 aliphatic carbocycles. The number of rotatable bonds is 17. The monoisotopic (exact) mass is 447 g/mol. The first kappa shape index (κ1) is 28.4. The first-order valence-electron chi connectivity index (χ1n) is 10.5. The zero-order valence-electron chi connectivity index (χ0n) is 18.2. The molecule has 30 heavy (non-hydrogen) atoms. The zero-order chi connectivity index (χ0) is 22.9. The fourth-order valence-corrected chi connectivity index (χ4v) is 3.29. The molecule has 0 fully saturated rings. The maximum absolute atomic E-state index is 11.9. The van der Waals surface area contributed by atoms with E-state index in [2.05, 4.69) is 29.8 Å². The van der Waals surface area contributed by atoms with Gasteiger partial charge >= 0.3 is 5.97 Å². The zero-order valence-corrected chi connectivity index (χ0v) is 19.1. The number of carbonyl (C=O) groups is 4. The second-order valence-electron chi connectivity index (χ2n) is 7.58. The summed E-state index contributed by atoms with van der Waals surface area (Å²) in [6, 6.07) is -0.776. The van der Waals surface area contributed by atoms with Crippen molar-refractivity contribution in [1.29, 1.82) is 0 Å². The van der Waals surface area contributed by atoms with Crippen molar-refractivity contribution in [2.45, 2.75) is 71.4 Å². The standard InChI is InChI=1S/C20H37N3O6S/c1-14(2)6-4-5-10-22-16(19(27)28)7-8-18(26)23-11-9-17(25)20(29)30-13-12-21-15(3)24/h14,16-17,22,25H,4-13H2,1-3H3,(H,21,24)(H,23,26)(H,27,28)/t16?,17-/m0/s1. The molecule has 0 aromatic rings. The highest BCUT2D eigenvalue weighted by Gasteiger charge is 2.19. The summed E-state index contributed by atoms with van der Waals surface area (Å²) in [5, 5.41) is 26.8. The molecule has 0 saturated carbocycles. The third-order valence-corrected chi connectivity index (χ3v) is 5.25. The fraction of sp³-hybridized carbons (Fsp3) is 0.800. The van der Waals surface area contributed by atoms with E-state index in [1.807, 2.05) is 0 Å². The van der Waals surface area contributed by atoms with E-state index in [-0.39, 0.29) is 37.6 Å². The predicted octanol–water partition coefficient (Wildman–Crippen LogP) is 0.899. The van der Waals surface area contributed by atoms with Gasteiger partial charge in [0, 0.05) is 32.2 Å². The van der Waals surface area contributed by atoms with Gasteiger partial charge in [-0.25, -0.2) is 0 Å². The van der Waals surface area contributed by atoms with Crippen LogP contribution in [0.3, 0.4) is 0 Å². The predicted molar refractivity (Wildman–Crippen MR) is 117 cm³/mol. The van der Waals surface area contributed by atoms with E-state index in [1.54, 1.807) is 0 Å². The lowest BCUT2D eigenvalue weighted by molar-refractivity contribution is -0.139. The van der Waals surface area contributed by atoms with Gasteiger partial charge in [0.25, 0.3) is 0 Å². The molecule has 174 valence electrons. The number of hydrogen-bond acceptors (Lipinski definition) is 7. The van der Waals surface area contributed by atoms with Crippen molar-refractivity contribution in [1.82, 2.24) is 16.0 Å². The highest BCUT2D eigenvalue weighted by molar-refractivity contribution is 8.13. The van der Waals surface area contributed by atoms with Gasteiger partial charge in [-0.2, -0.15) is 0 Å². The summed E-state index contributed by atoms with van der Waals surface area (Å²) >= 11 is 0.925. The molecular formula is C20H37N3O6S. The third kappa shape index (κ3) is 16.2. The topological polar surface area (TPSA) is 145 Å². The molecule has 1 unspecified atom stereocenters. The molecular weight excluding hydrogens is 410 g/mol. The van der Waals surface area contributed by atoms with Crippen molar-refractivity contribution in [3.05, 3.63) is 0 Å². The molecule has 9 nitrogen and oxygen atoms in total. The van der Waals surface area contributed by atoms with Crippen molar-refractivity contribution in [3.8, 4) is 0 Å². The van der Waals surface area contributed by atoms with Crippen LogP contribution in [0.5, 0.6) is 0 Å². The third-order valence-electron chi connectivity index (χ3n) is 4.29. The Kier molecular flexibility index (Phi) is 16.1. The summed E-state index contributed by atoms with van der Waals surface area (Å²) in [5.41, 5.74) is 0. The summed E-state index contributed by atoms with van der Waals surface area (Å²) < 4.78 is 0. The fourth-order valence-electron chi connectivity index (χ4n) is 2.57. The van der Waals surface area contributed by atoms with E-state index in [1.165, 1.54) is 6.92 Å². The van der Waals surface area contributed by atoms with E-state index in [0.29, 0.717) is 24.8 Å². The number of hydrogen-bond donors (Lipinski definition) is 5. The Bertz CT molecular complexity index is 545. The molecule has 5 N–H and O–H groups in total. The molecule has 0 saturated heterocycles. The maximum atomic E-state index is 11.9. The molecule has 0 aliphatic heterocycles. The number of nitrogens with one attached hydrogen (secondary N) is 3. The first-order valence-corrected chi connectivity index (χ1v) is 11.4. The normalized spacial score (nSPS) is 13.0. The van der Waals surface area contributed by atoms with E-state index >= 15 is 0 Å². The molecule has 0 spiro atoms. The van der Waals surface area contributed by atoms with Gasteiger partial charge in [-0.1, -0.05) is 38.5 Å². The quantitative estimate of drug-likeness (QED) is 0.207. The first-order chi connectivity index (χ1) is 14.1. The van der Waals surface area contributed by atoms with Crippen molar-refractivity contribution < 1.29 is 29.4 Å². The average Bonchev–Trinajstić information content (AvgIpc) is 2.66. The van der Waals surface area contributed by atoms with Crippen molar-refractivity contribution >= 4 is 34.7 Å². The number of aliphatic carboxylic acids is 1. The van der Waals surface area contributed by atoms with Gasteiger partial charge in [0.1, 0.15) is 12.1 Å². The minimum atomic E-state index is -1.20. The summed E-state index contributed by atoms with van der Waals surface area (Å²) in [4.78, 5) is 45.7. The molecule has 2 atom stereocenters. The Morgan fingerprint density at radius 3 is 2.23 bits per heavy atom. The van der Waals surface area contributed by atoms with Crippen LogP contribution in [0, 0.1) is 5.92 Å². The second-order valence-corrected chi connectivity index (χ2v) is 8.68. The van der Waals surface area contributed by atoms with E-state index in [0.717, 1.165) is 31.0 Å². The second kappa shape index (κ2) is 17.1. The Hall–Kier alpha value is -1.65. The number of carboxylic acids is 1. The van der Waals surface area contributed by atoms with E-state index in [4.69, 9.17) is 0 Å². The van der Waals surface area contributed by atoms with Crippen LogP contribution in [-0.2, 0) is 19.2 Å². The summed E-state index contributed by atoms with van der Waals surface area (Å²) in [5.74, 6) is -0.495. The summed E-state index contributed by atoms with van der Waals surface area (Å²) in [7, 11) is 0. The molecule has 2 amide bonds. The van der Waals surface area contributed by atoms with Crippen LogP contribution in [0.25, 0.3) is 0 Å². The molecule has 10 heteroatoms. The van der Waals surface area contributed by atoms with Crippen molar-refractivity contribution in [3.63, 3.8) is 0 Å². The number of carbonyl (C=O) groups excluding carboxylic acids is 3. The van der Waals surface area contributed by atoms with Gasteiger partial charge in [-0.05, 0) is 31.7 Å². The highest BCUT2D eigenvalue weighted by Crippen LogP contribution is 2.08. The van der Waals surface area contributed by atoms with Gasteiger partial charge in [0.2, 0.25) is 16.9 Å². The Morgan fingerprint density at radius 1 is 0.933 bits per heavy atom. The maximum Gasteiger partial charge on any atom is 0.320 e. The number of aliphatic hydroxyl groups is 1. The lowest BCUT2D eigenvalue weighted by atomic mass is 10.1. The van der Waals surface area contributed by atoms with Gasteiger partial charge in [-0.3, -0.25) is 19.2 Å². The van der Waals surface area contributed by atoms with E-state index in [9.17, 15) is 29.4 Å². The van der Waals surface area contributed by atoms with Crippen LogP contribution in [-0.4, -0.2) is 70.6 Å². The van der Waals surface area contributed by atoms with Gasteiger partial charge < -0.3 is 26.2 Å². The highest BCUT2D eigenvalue weighted by atomic mass is 32.2. The lowest BCUT2D eigenvalue weighted by Gasteiger charge is -2.15. The molecule has 0 radical (unpaired) electrons. The smallest absolute Gasteiger partial charge is 0.320 e. The molecule has 0 heterocycles. The van der Waals surface area contributed by atoms with E-state index < -0.39 is 23.2 Å². The SMILES string of the molecule is CC(=O)NCCSC(=O)[C@@H](O)CCNC(=O)CCC(NCCCCC(C)C)C(=O)O. The van der Waals surface area contributed by atoms with Gasteiger partial charge in [-0.15, -0.1) is 0 Å². The summed E-state index contributed by atoms with van der Waals surface area (Å²) in [6.45, 7) is 6.73. The van der Waals surface area contributed by atoms with Crippen LogP contribution in [0.4, 0.5) is 0 Å². The lowest BCUT2D eigenvalue weighted by Crippen LogP contribution is -2.38. The Morgan fingerprint density at radius 2 is 1.63 bits per heavy atom. The minimum absolute atomic E-state index is 0.0471. The average molecular weight is 448 g/mol. The number of aliphatic hydroxyl groups excluding tert-OH is 1. The molecule has 0 aliphatic rings. The molecule has 0 rings (SSSR count). The number of unbranched alkanes of at least 4 members (excludes halogenated alkanes) is 1.